The van der Waals surface area contributed by atoms with Gasteiger partial charge in [-0.05, 0) is 54.7 Å². The summed E-state index contributed by atoms with van der Waals surface area (Å²) < 4.78 is 7.49. The number of ether oxygens (including phenoxy) is 1. The van der Waals surface area contributed by atoms with E-state index in [4.69, 9.17) is 16.3 Å². The van der Waals surface area contributed by atoms with E-state index in [9.17, 15) is 9.59 Å². The molecule has 4 rings (SSSR count). The highest BCUT2D eigenvalue weighted by Crippen LogP contribution is 2.31. The lowest BCUT2D eigenvalue weighted by molar-refractivity contribution is -0.139. The lowest BCUT2D eigenvalue weighted by atomic mass is 9.93. The molecule has 3 aromatic rings. The van der Waals surface area contributed by atoms with E-state index >= 15 is 0 Å². The summed E-state index contributed by atoms with van der Waals surface area (Å²) >= 11 is 7.30. The van der Waals surface area contributed by atoms with Gasteiger partial charge in [0.15, 0.2) is 4.80 Å². The van der Waals surface area contributed by atoms with Gasteiger partial charge in [0, 0.05) is 5.02 Å². The van der Waals surface area contributed by atoms with Gasteiger partial charge in [0.05, 0.1) is 28.5 Å². The lowest BCUT2D eigenvalue weighted by Crippen LogP contribution is -2.39. The maximum Gasteiger partial charge on any atom is 0.338 e. The van der Waals surface area contributed by atoms with E-state index in [0.717, 1.165) is 11.1 Å². The van der Waals surface area contributed by atoms with Crippen LogP contribution in [-0.4, -0.2) is 17.1 Å². The first-order valence-corrected chi connectivity index (χ1v) is 12.0. The minimum atomic E-state index is -0.603. The fourth-order valence-corrected chi connectivity index (χ4v) is 5.05. The molecule has 5 nitrogen and oxygen atoms in total. The number of fused-ring (bicyclic) bond motifs is 1. The maximum atomic E-state index is 13.6. The lowest BCUT2D eigenvalue weighted by Gasteiger charge is -2.25. The molecule has 0 N–H and O–H groups in total. The molecule has 0 bridgehead atoms. The Bertz CT molecular complexity index is 1400. The zero-order chi connectivity index (χ0) is 23.7. The van der Waals surface area contributed by atoms with Crippen LogP contribution in [0.4, 0.5) is 0 Å². The molecule has 0 spiro atoms. The largest absolute Gasteiger partial charge is 0.463 e. The number of carbonyl (C=O) groups excluding carboxylic acids is 1. The fourth-order valence-electron chi connectivity index (χ4n) is 3.88. The number of thiazole rings is 1. The smallest absolute Gasteiger partial charge is 0.338 e. The van der Waals surface area contributed by atoms with E-state index in [2.05, 4.69) is 18.8 Å². The van der Waals surface area contributed by atoms with Crippen LogP contribution in [0.5, 0.6) is 0 Å². The van der Waals surface area contributed by atoms with Gasteiger partial charge < -0.3 is 4.74 Å². The Morgan fingerprint density at radius 2 is 1.85 bits per heavy atom. The van der Waals surface area contributed by atoms with E-state index in [1.807, 2.05) is 42.5 Å². The maximum absolute atomic E-state index is 13.6. The molecule has 0 radical (unpaired) electrons. The highest BCUT2D eigenvalue weighted by atomic mass is 35.5. The minimum Gasteiger partial charge on any atom is -0.463 e. The van der Waals surface area contributed by atoms with Crippen LogP contribution in [-0.2, 0) is 9.53 Å². The number of carbonyl (C=O) groups is 1. The summed E-state index contributed by atoms with van der Waals surface area (Å²) in [5.74, 6) is -0.0779. The van der Waals surface area contributed by atoms with E-state index in [-0.39, 0.29) is 12.2 Å². The Balaban J connectivity index is 1.92. The third kappa shape index (κ3) is 4.59. The summed E-state index contributed by atoms with van der Waals surface area (Å²) in [7, 11) is 0. The molecule has 33 heavy (non-hydrogen) atoms. The first-order chi connectivity index (χ1) is 15.8. The second-order valence-electron chi connectivity index (χ2n) is 8.18. The van der Waals surface area contributed by atoms with Crippen molar-refractivity contribution >= 4 is 35.0 Å². The Morgan fingerprint density at radius 1 is 1.18 bits per heavy atom. The third-order valence-corrected chi connectivity index (χ3v) is 6.84. The highest BCUT2D eigenvalue weighted by molar-refractivity contribution is 7.07. The number of esters is 1. The Morgan fingerprint density at radius 3 is 2.45 bits per heavy atom. The molecule has 0 saturated heterocycles. The number of aromatic nitrogens is 1. The predicted molar refractivity (Wildman–Crippen MR) is 132 cm³/mol. The summed E-state index contributed by atoms with van der Waals surface area (Å²) in [6.45, 7) is 8.06. The molecule has 1 aliphatic heterocycles. The zero-order valence-corrected chi connectivity index (χ0v) is 20.5. The zero-order valence-electron chi connectivity index (χ0n) is 19.0. The molecule has 1 atom stereocenters. The van der Waals surface area contributed by atoms with Crippen molar-refractivity contribution < 1.29 is 9.53 Å². The van der Waals surface area contributed by atoms with Crippen molar-refractivity contribution in [1.82, 2.24) is 4.57 Å². The molecule has 1 unspecified atom stereocenters. The summed E-state index contributed by atoms with van der Waals surface area (Å²) in [5, 5.41) is 0.633. The van der Waals surface area contributed by atoms with Gasteiger partial charge in [0.25, 0.3) is 5.56 Å². The van der Waals surface area contributed by atoms with Crippen molar-refractivity contribution in [2.24, 2.45) is 4.99 Å². The number of hydrogen-bond donors (Lipinski definition) is 0. The molecule has 0 aliphatic carbocycles. The van der Waals surface area contributed by atoms with Gasteiger partial charge >= 0.3 is 5.97 Å². The number of benzene rings is 2. The molecule has 1 aliphatic rings. The first-order valence-electron chi connectivity index (χ1n) is 10.8. The van der Waals surface area contributed by atoms with Gasteiger partial charge in [-0.2, -0.15) is 0 Å². The molecule has 0 saturated carbocycles. The summed E-state index contributed by atoms with van der Waals surface area (Å²) in [5.41, 5.74) is 3.65. The predicted octanol–water partition coefficient (Wildman–Crippen LogP) is 4.58. The number of halogens is 1. The number of allylic oxidation sites excluding steroid dienone is 1. The Labute approximate surface area is 201 Å². The van der Waals surface area contributed by atoms with E-state index < -0.39 is 12.0 Å². The van der Waals surface area contributed by atoms with Crippen molar-refractivity contribution in [2.75, 3.05) is 6.61 Å². The SMILES string of the molecule is CCOC(=O)C1=C(C)N=c2s/c(=C/c3ccc(Cl)cc3)c(=O)n2C1c1ccc(C(C)C)cc1. The third-order valence-electron chi connectivity index (χ3n) is 5.60. The summed E-state index contributed by atoms with van der Waals surface area (Å²) in [4.78, 5) is 31.7. The van der Waals surface area contributed by atoms with Gasteiger partial charge in [-0.3, -0.25) is 9.36 Å². The van der Waals surface area contributed by atoms with Gasteiger partial charge in [0.1, 0.15) is 0 Å². The van der Waals surface area contributed by atoms with Crippen LogP contribution >= 0.6 is 22.9 Å². The number of hydrogen-bond acceptors (Lipinski definition) is 5. The minimum absolute atomic E-state index is 0.194. The highest BCUT2D eigenvalue weighted by Gasteiger charge is 2.33. The van der Waals surface area contributed by atoms with Gasteiger partial charge in [0.2, 0.25) is 0 Å². The first kappa shape index (κ1) is 23.2. The molecule has 0 fully saturated rings. The van der Waals surface area contributed by atoms with E-state index in [1.165, 1.54) is 16.9 Å². The molecule has 0 amide bonds. The monoisotopic (exact) mass is 480 g/mol. The van der Waals surface area contributed by atoms with Crippen LogP contribution in [0.1, 0.15) is 56.3 Å². The van der Waals surface area contributed by atoms with Gasteiger partial charge in [-0.1, -0.05) is 73.2 Å². The summed E-state index contributed by atoms with van der Waals surface area (Å²) in [6, 6.07) is 14.7. The van der Waals surface area contributed by atoms with Crippen molar-refractivity contribution in [2.45, 2.75) is 39.7 Å². The summed E-state index contributed by atoms with van der Waals surface area (Å²) in [6.07, 6.45) is 1.82. The average molecular weight is 481 g/mol. The van der Waals surface area contributed by atoms with Crippen LogP contribution < -0.4 is 14.9 Å². The topological polar surface area (TPSA) is 60.7 Å². The van der Waals surface area contributed by atoms with Crippen molar-refractivity contribution in [1.29, 1.82) is 0 Å². The van der Waals surface area contributed by atoms with Crippen molar-refractivity contribution in [3.05, 3.63) is 101 Å². The van der Waals surface area contributed by atoms with Gasteiger partial charge in [-0.25, -0.2) is 9.79 Å². The van der Waals surface area contributed by atoms with Crippen molar-refractivity contribution in [3.8, 4) is 0 Å². The molecular formula is C26H25ClN2O3S. The van der Waals surface area contributed by atoms with Crippen molar-refractivity contribution in [3.63, 3.8) is 0 Å². The Kier molecular flexibility index (Phi) is 6.68. The fraction of sp³-hybridized carbons (Fsp3) is 0.269. The molecule has 170 valence electrons. The van der Waals surface area contributed by atoms with Crippen LogP contribution in [0, 0.1) is 0 Å². The van der Waals surface area contributed by atoms with Crippen LogP contribution in [0.15, 0.2) is 69.6 Å². The second kappa shape index (κ2) is 9.49. The normalized spacial score (nSPS) is 16.1. The quantitative estimate of drug-likeness (QED) is 0.502. The average Bonchev–Trinajstić information content (AvgIpc) is 3.09. The van der Waals surface area contributed by atoms with E-state index in [0.29, 0.717) is 31.5 Å². The van der Waals surface area contributed by atoms with Crippen LogP contribution in [0.2, 0.25) is 5.02 Å². The number of rotatable bonds is 5. The molecule has 1 aromatic heterocycles. The standard InChI is InChI=1S/C26H25ClN2O3S/c1-5-32-25(31)22-16(4)28-26-29(23(22)19-10-8-18(9-11-19)15(2)3)24(30)21(33-26)14-17-6-12-20(27)13-7-17/h6-15,23H,5H2,1-4H3/b21-14+. The molecule has 2 heterocycles. The second-order valence-corrected chi connectivity index (χ2v) is 9.62. The molecule has 7 heteroatoms. The van der Waals surface area contributed by atoms with Gasteiger partial charge in [-0.15, -0.1) is 0 Å². The van der Waals surface area contributed by atoms with Crippen LogP contribution in [0.3, 0.4) is 0 Å². The van der Waals surface area contributed by atoms with E-state index in [1.54, 1.807) is 30.5 Å². The number of nitrogens with zero attached hydrogens (tertiary/aromatic N) is 2. The molecule has 2 aromatic carbocycles. The Hall–Kier alpha value is -2.96. The van der Waals surface area contributed by atoms with Crippen LogP contribution in [0.25, 0.3) is 6.08 Å². The molecular weight excluding hydrogens is 456 g/mol.